The summed E-state index contributed by atoms with van der Waals surface area (Å²) >= 11 is 1.83. The number of fused-ring (bicyclic) bond motifs is 6. The second-order valence-corrected chi connectivity index (χ2v) is 12.4. The van der Waals surface area contributed by atoms with Gasteiger partial charge in [0.25, 0.3) is 0 Å². The summed E-state index contributed by atoms with van der Waals surface area (Å²) in [4.78, 5) is 2.31. The number of furan rings is 1. The van der Waals surface area contributed by atoms with Crippen molar-refractivity contribution in [2.24, 2.45) is 0 Å². The normalized spacial score (nSPS) is 12.4. The maximum atomic E-state index is 6.53. The van der Waals surface area contributed by atoms with Crippen molar-refractivity contribution >= 4 is 71.5 Å². The standard InChI is InChI=1S/C41H28N2OS/c1-2-9-27(10-3-1)28-18-22-30(23-19-28)43(36-15-6-13-34-33-11-4-5-16-37(33)44-40(34)36)31-24-20-29(21-25-31)32-12-7-17-38-39(32)35-14-8-26-42-41(35)45-38/h1-25,42H,26H2. The zero-order valence-corrected chi connectivity index (χ0v) is 25.2. The van der Waals surface area contributed by atoms with Crippen molar-refractivity contribution in [2.45, 2.75) is 0 Å². The highest BCUT2D eigenvalue weighted by molar-refractivity contribution is 7.23. The molecule has 1 aliphatic heterocycles. The summed E-state index contributed by atoms with van der Waals surface area (Å²) in [7, 11) is 0. The van der Waals surface area contributed by atoms with E-state index in [-0.39, 0.29) is 0 Å². The fourth-order valence-electron chi connectivity index (χ4n) is 6.59. The lowest BCUT2D eigenvalue weighted by molar-refractivity contribution is 0.669. The quantitative estimate of drug-likeness (QED) is 0.214. The number of nitrogens with one attached hydrogen (secondary N) is 1. The average Bonchev–Trinajstić information content (AvgIpc) is 3.69. The number of para-hydroxylation sites is 2. The van der Waals surface area contributed by atoms with Crippen LogP contribution in [0.4, 0.5) is 22.1 Å². The molecule has 0 aliphatic carbocycles. The predicted molar refractivity (Wildman–Crippen MR) is 192 cm³/mol. The number of rotatable bonds is 5. The Balaban J connectivity index is 1.19. The van der Waals surface area contributed by atoms with E-state index >= 15 is 0 Å². The van der Waals surface area contributed by atoms with Gasteiger partial charge in [0.05, 0.1) is 10.7 Å². The van der Waals surface area contributed by atoms with Gasteiger partial charge in [-0.05, 0) is 64.7 Å². The molecule has 0 atom stereocenters. The number of nitrogens with zero attached hydrogens (tertiary/aromatic N) is 1. The smallest absolute Gasteiger partial charge is 0.159 e. The highest BCUT2D eigenvalue weighted by Crippen LogP contribution is 2.45. The topological polar surface area (TPSA) is 28.4 Å². The van der Waals surface area contributed by atoms with E-state index in [0.717, 1.165) is 45.5 Å². The molecule has 3 nitrogen and oxygen atoms in total. The Morgan fingerprint density at radius 2 is 1.29 bits per heavy atom. The molecule has 0 bridgehead atoms. The van der Waals surface area contributed by atoms with Crippen molar-refractivity contribution in [3.05, 3.63) is 151 Å². The molecule has 214 valence electrons. The van der Waals surface area contributed by atoms with E-state index in [1.807, 2.05) is 23.5 Å². The lowest BCUT2D eigenvalue weighted by Gasteiger charge is -2.26. The van der Waals surface area contributed by atoms with E-state index in [1.165, 1.54) is 42.9 Å². The van der Waals surface area contributed by atoms with Crippen molar-refractivity contribution in [2.75, 3.05) is 16.8 Å². The van der Waals surface area contributed by atoms with Crippen molar-refractivity contribution in [1.82, 2.24) is 0 Å². The first-order chi connectivity index (χ1) is 22.3. The van der Waals surface area contributed by atoms with Crippen LogP contribution >= 0.6 is 11.3 Å². The van der Waals surface area contributed by atoms with Crippen LogP contribution in [0.1, 0.15) is 5.56 Å². The lowest BCUT2D eigenvalue weighted by Crippen LogP contribution is -2.10. The SMILES string of the molecule is C1=Cc2c(sc3cccc(-c4ccc(N(c5ccc(-c6ccccc6)cc5)c5cccc6c5oc5ccccc56)cc4)c23)NC1. The molecule has 45 heavy (non-hydrogen) atoms. The largest absolute Gasteiger partial charge is 0.454 e. The molecule has 0 saturated heterocycles. The van der Waals surface area contributed by atoms with E-state index in [1.54, 1.807) is 0 Å². The van der Waals surface area contributed by atoms with Gasteiger partial charge in [-0.3, -0.25) is 0 Å². The Morgan fingerprint density at radius 3 is 2.11 bits per heavy atom. The molecule has 0 spiro atoms. The first-order valence-corrected chi connectivity index (χ1v) is 16.1. The number of thiophene rings is 1. The maximum Gasteiger partial charge on any atom is 0.159 e. The Morgan fingerprint density at radius 1 is 0.600 bits per heavy atom. The van der Waals surface area contributed by atoms with Gasteiger partial charge in [-0.25, -0.2) is 0 Å². The van der Waals surface area contributed by atoms with Gasteiger partial charge in [-0.2, -0.15) is 0 Å². The van der Waals surface area contributed by atoms with Crippen LogP contribution in [0.25, 0.3) is 60.4 Å². The predicted octanol–water partition coefficient (Wildman–Crippen LogP) is 12.0. The molecule has 0 saturated carbocycles. The van der Waals surface area contributed by atoms with Crippen molar-refractivity contribution in [3.8, 4) is 22.3 Å². The van der Waals surface area contributed by atoms with Crippen molar-refractivity contribution in [1.29, 1.82) is 0 Å². The molecule has 6 aromatic carbocycles. The summed E-state index contributed by atoms with van der Waals surface area (Å²) < 4.78 is 7.84. The van der Waals surface area contributed by atoms with E-state index < -0.39 is 0 Å². The van der Waals surface area contributed by atoms with Crippen LogP contribution in [0.15, 0.2) is 150 Å². The Hall–Kier alpha value is -5.58. The molecule has 3 heterocycles. The minimum Gasteiger partial charge on any atom is -0.454 e. The molecule has 2 aromatic heterocycles. The van der Waals surface area contributed by atoms with Crippen LogP contribution in [-0.2, 0) is 0 Å². The second kappa shape index (κ2) is 10.5. The van der Waals surface area contributed by atoms with Crippen LogP contribution in [0.2, 0.25) is 0 Å². The minimum atomic E-state index is 0.879. The van der Waals surface area contributed by atoms with Crippen LogP contribution in [0.5, 0.6) is 0 Å². The van der Waals surface area contributed by atoms with Gasteiger partial charge >= 0.3 is 0 Å². The first-order valence-electron chi connectivity index (χ1n) is 15.2. The van der Waals surface area contributed by atoms with Gasteiger partial charge in [-0.15, -0.1) is 11.3 Å². The number of benzene rings is 6. The van der Waals surface area contributed by atoms with E-state index in [0.29, 0.717) is 0 Å². The Bertz CT molecular complexity index is 2360. The molecular formula is C41H28N2OS. The number of hydrogen-bond donors (Lipinski definition) is 1. The van der Waals surface area contributed by atoms with E-state index in [9.17, 15) is 0 Å². The maximum absolute atomic E-state index is 6.53. The van der Waals surface area contributed by atoms with Gasteiger partial charge in [-0.1, -0.05) is 109 Å². The van der Waals surface area contributed by atoms with Gasteiger partial charge in [0, 0.05) is 44.3 Å². The van der Waals surface area contributed by atoms with Gasteiger partial charge < -0.3 is 14.6 Å². The van der Waals surface area contributed by atoms with Crippen LogP contribution in [0, 0.1) is 0 Å². The van der Waals surface area contributed by atoms with Crippen LogP contribution in [-0.4, -0.2) is 6.54 Å². The van der Waals surface area contributed by atoms with Crippen LogP contribution < -0.4 is 10.2 Å². The third kappa shape index (κ3) is 4.34. The second-order valence-electron chi connectivity index (χ2n) is 11.4. The zero-order chi connectivity index (χ0) is 29.7. The minimum absolute atomic E-state index is 0.879. The highest BCUT2D eigenvalue weighted by atomic mass is 32.1. The summed E-state index contributed by atoms with van der Waals surface area (Å²) in [5.41, 5.74) is 11.1. The molecule has 1 N–H and O–H groups in total. The third-order valence-corrected chi connectivity index (χ3v) is 9.84. The monoisotopic (exact) mass is 596 g/mol. The molecule has 0 radical (unpaired) electrons. The summed E-state index contributed by atoms with van der Waals surface area (Å²) in [5.74, 6) is 0. The summed E-state index contributed by atoms with van der Waals surface area (Å²) in [5, 5.41) is 8.35. The van der Waals surface area contributed by atoms with Gasteiger partial charge in [0.15, 0.2) is 5.58 Å². The summed E-state index contributed by atoms with van der Waals surface area (Å²) in [6.45, 7) is 0.879. The number of hydrogen-bond acceptors (Lipinski definition) is 4. The molecule has 0 fully saturated rings. The first kappa shape index (κ1) is 25.9. The summed E-state index contributed by atoms with van der Waals surface area (Å²) in [6.07, 6.45) is 4.46. The van der Waals surface area contributed by atoms with Gasteiger partial charge in [0.2, 0.25) is 0 Å². The zero-order valence-electron chi connectivity index (χ0n) is 24.4. The molecule has 1 aliphatic rings. The Labute approximate surface area is 265 Å². The average molecular weight is 597 g/mol. The third-order valence-electron chi connectivity index (χ3n) is 8.71. The molecule has 9 rings (SSSR count). The molecule has 8 aromatic rings. The van der Waals surface area contributed by atoms with Crippen LogP contribution in [0.3, 0.4) is 0 Å². The van der Waals surface area contributed by atoms with E-state index in [2.05, 4.69) is 150 Å². The van der Waals surface area contributed by atoms with Gasteiger partial charge in [0.1, 0.15) is 5.58 Å². The fraction of sp³-hybridized carbons (Fsp3) is 0.0244. The molecule has 0 amide bonds. The summed E-state index contributed by atoms with van der Waals surface area (Å²) in [6, 6.07) is 49.6. The Kier molecular flexibility index (Phi) is 6.06. The highest BCUT2D eigenvalue weighted by Gasteiger charge is 2.20. The van der Waals surface area contributed by atoms with E-state index in [4.69, 9.17) is 4.42 Å². The molecule has 4 heteroatoms. The van der Waals surface area contributed by atoms with Crippen molar-refractivity contribution < 1.29 is 4.42 Å². The lowest BCUT2D eigenvalue weighted by atomic mass is 9.98. The fourth-order valence-corrected chi connectivity index (χ4v) is 7.72. The number of anilines is 4. The molecule has 0 unspecified atom stereocenters. The molecular weight excluding hydrogens is 569 g/mol. The van der Waals surface area contributed by atoms with Crippen molar-refractivity contribution in [3.63, 3.8) is 0 Å².